The van der Waals surface area contributed by atoms with E-state index < -0.39 is 0 Å². The number of rotatable bonds is 4. The van der Waals surface area contributed by atoms with E-state index in [-0.39, 0.29) is 15.8 Å². The maximum absolute atomic E-state index is 2.67. The van der Waals surface area contributed by atoms with Gasteiger partial charge in [-0.05, 0) is 77.1 Å². The van der Waals surface area contributed by atoms with Crippen molar-refractivity contribution in [3.05, 3.63) is 0 Å². The molecule has 0 N–H and O–H groups in total. The normalized spacial score (nSPS) is 36.8. The molecule has 6 atom stereocenters. The van der Waals surface area contributed by atoms with Crippen molar-refractivity contribution in [2.24, 2.45) is 11.8 Å². The van der Waals surface area contributed by atoms with Gasteiger partial charge in [0.15, 0.2) is 0 Å². The summed E-state index contributed by atoms with van der Waals surface area (Å²) in [6.07, 6.45) is 1.45. The molecule has 1 nitrogen and oxygen atoms in total. The van der Waals surface area contributed by atoms with Gasteiger partial charge in [0.05, 0.1) is 0 Å². The van der Waals surface area contributed by atoms with Crippen LogP contribution in [0.15, 0.2) is 0 Å². The third-order valence-electron chi connectivity index (χ3n) is 5.94. The van der Waals surface area contributed by atoms with Crippen LogP contribution in [0.25, 0.3) is 0 Å². The molecule has 1 aliphatic heterocycles. The fraction of sp³-hybridized carbons (Fsp3) is 1.00. The number of likely N-dealkylation sites (tertiary alicyclic amines) is 1. The summed E-state index contributed by atoms with van der Waals surface area (Å²) in [5, 5.41) is 0. The van der Waals surface area contributed by atoms with Crippen LogP contribution in [0.5, 0.6) is 0 Å². The van der Waals surface area contributed by atoms with Crippen LogP contribution in [0.3, 0.4) is 0 Å². The minimum Gasteiger partial charge on any atom is -0.300 e. The maximum atomic E-state index is 2.67. The first-order valence-electron chi connectivity index (χ1n) is 7.73. The minimum absolute atomic E-state index is 0.180. The van der Waals surface area contributed by atoms with Crippen molar-refractivity contribution in [1.29, 1.82) is 0 Å². The van der Waals surface area contributed by atoms with E-state index >= 15 is 0 Å². The average Bonchev–Trinajstić information content (AvgIpc) is 2.34. The molecule has 3 heteroatoms. The summed E-state index contributed by atoms with van der Waals surface area (Å²) < 4.78 is 0. The quantitative estimate of drug-likeness (QED) is 0.687. The van der Waals surface area contributed by atoms with Gasteiger partial charge in [-0.25, -0.2) is 0 Å². The van der Waals surface area contributed by atoms with Gasteiger partial charge in [-0.2, -0.15) is 0 Å². The topological polar surface area (TPSA) is 3.24 Å². The molecular formula is C16H35NP2. The highest BCUT2D eigenvalue weighted by Crippen LogP contribution is 2.49. The van der Waals surface area contributed by atoms with Gasteiger partial charge in [0.2, 0.25) is 0 Å². The first-order chi connectivity index (χ1) is 8.68. The molecule has 1 aliphatic rings. The monoisotopic (exact) mass is 303 g/mol. The fourth-order valence-electron chi connectivity index (χ4n) is 3.65. The fourth-order valence-corrected chi connectivity index (χ4v) is 5.92. The molecule has 0 spiro atoms. The summed E-state index contributed by atoms with van der Waals surface area (Å²) in [6, 6.07) is 1.50. The smallest absolute Gasteiger partial charge is 0.0101 e. The molecule has 1 saturated heterocycles. The summed E-state index contributed by atoms with van der Waals surface area (Å²) in [4.78, 5) is 2.67. The molecule has 114 valence electrons. The highest BCUT2D eigenvalue weighted by atomic mass is 31.1. The molecule has 1 fully saturated rings. The van der Waals surface area contributed by atoms with E-state index in [1.807, 2.05) is 0 Å². The van der Waals surface area contributed by atoms with E-state index in [9.17, 15) is 0 Å². The number of hydrogen-bond acceptors (Lipinski definition) is 1. The van der Waals surface area contributed by atoms with Crippen LogP contribution in [-0.2, 0) is 0 Å². The Bertz CT molecular complexity index is 254. The van der Waals surface area contributed by atoms with Crippen LogP contribution >= 0.6 is 15.8 Å². The highest BCUT2D eigenvalue weighted by Gasteiger charge is 2.41. The Balaban J connectivity index is 2.91. The Hall–Kier alpha value is 0.820. The Morgan fingerprint density at radius 2 is 1.16 bits per heavy atom. The van der Waals surface area contributed by atoms with E-state index in [0.29, 0.717) is 0 Å². The minimum atomic E-state index is 0.180. The second kappa shape index (κ2) is 7.20. The molecule has 6 unspecified atom stereocenters. The van der Waals surface area contributed by atoms with E-state index in [4.69, 9.17) is 0 Å². The van der Waals surface area contributed by atoms with Gasteiger partial charge in [0.25, 0.3) is 0 Å². The van der Waals surface area contributed by atoms with Crippen molar-refractivity contribution in [3.63, 3.8) is 0 Å². The number of hydrogen-bond donors (Lipinski definition) is 0. The van der Waals surface area contributed by atoms with E-state index in [1.54, 1.807) is 0 Å². The average molecular weight is 303 g/mol. The molecule has 1 rings (SSSR count). The summed E-state index contributed by atoms with van der Waals surface area (Å²) in [7, 11) is 2.72. The molecule has 19 heavy (non-hydrogen) atoms. The van der Waals surface area contributed by atoms with Gasteiger partial charge in [-0.3, -0.25) is 0 Å². The highest BCUT2D eigenvalue weighted by molar-refractivity contribution is 7.57. The van der Waals surface area contributed by atoms with Crippen molar-refractivity contribution in [3.8, 4) is 0 Å². The molecule has 0 radical (unpaired) electrons. The number of piperidine rings is 1. The molecule has 0 aromatic carbocycles. The van der Waals surface area contributed by atoms with Crippen molar-refractivity contribution in [2.75, 3.05) is 33.7 Å². The molecule has 0 bridgehead atoms. The van der Waals surface area contributed by atoms with Crippen LogP contribution in [-0.4, -0.2) is 62.0 Å². The van der Waals surface area contributed by atoms with Crippen molar-refractivity contribution in [2.45, 2.75) is 57.5 Å². The molecular weight excluding hydrogens is 268 g/mol. The van der Waals surface area contributed by atoms with Gasteiger partial charge < -0.3 is 4.90 Å². The lowest BCUT2D eigenvalue weighted by atomic mass is 9.77. The summed E-state index contributed by atoms with van der Waals surface area (Å²) in [5.41, 5.74) is 1.80. The molecule has 0 aromatic heterocycles. The first kappa shape index (κ1) is 17.9. The van der Waals surface area contributed by atoms with Crippen LogP contribution in [0.1, 0.15) is 34.1 Å². The van der Waals surface area contributed by atoms with Crippen molar-refractivity contribution < 1.29 is 0 Å². The number of nitrogens with zero attached hydrogens (tertiary/aromatic N) is 1. The third-order valence-corrected chi connectivity index (χ3v) is 9.96. The second-order valence-corrected chi connectivity index (χ2v) is 12.6. The van der Waals surface area contributed by atoms with Gasteiger partial charge >= 0.3 is 0 Å². The lowest BCUT2D eigenvalue weighted by Crippen LogP contribution is -2.54. The zero-order valence-electron chi connectivity index (χ0n) is 14.5. The maximum Gasteiger partial charge on any atom is 0.0101 e. The molecule has 0 amide bonds. The second-order valence-electron chi connectivity index (χ2n) is 7.12. The Labute approximate surface area is 124 Å². The van der Waals surface area contributed by atoms with Crippen molar-refractivity contribution >= 4 is 15.8 Å². The third kappa shape index (κ3) is 3.93. The van der Waals surface area contributed by atoms with Gasteiger partial charge in [0, 0.05) is 12.1 Å². The predicted molar refractivity (Wildman–Crippen MR) is 94.7 cm³/mol. The van der Waals surface area contributed by atoms with Crippen molar-refractivity contribution in [1.82, 2.24) is 4.90 Å². The Morgan fingerprint density at radius 1 is 0.842 bits per heavy atom. The van der Waals surface area contributed by atoms with E-state index in [0.717, 1.165) is 35.2 Å². The first-order valence-corrected chi connectivity index (χ1v) is 12.3. The lowest BCUT2D eigenvalue weighted by Gasteiger charge is -2.51. The van der Waals surface area contributed by atoms with Crippen LogP contribution in [0, 0.1) is 11.8 Å². The van der Waals surface area contributed by atoms with Crippen LogP contribution < -0.4 is 0 Å². The standard InChI is InChI=1S/C16H35NP2/c1-11-15(13(3)18(6)7)10-16(12(2)17(11)5)14(4)19(8)9/h11-16H,10H2,1-9H3. The zero-order valence-corrected chi connectivity index (χ0v) is 16.3. The Morgan fingerprint density at radius 3 is 1.42 bits per heavy atom. The summed E-state index contributed by atoms with van der Waals surface area (Å²) in [5.74, 6) is 1.79. The predicted octanol–water partition coefficient (Wildman–Crippen LogP) is 4.59. The molecule has 0 aliphatic carbocycles. The lowest BCUT2D eigenvalue weighted by molar-refractivity contribution is 0.0374. The van der Waals surface area contributed by atoms with Gasteiger partial charge in [0.1, 0.15) is 0 Å². The Kier molecular flexibility index (Phi) is 6.77. The largest absolute Gasteiger partial charge is 0.300 e. The molecule has 0 saturated carbocycles. The zero-order chi connectivity index (χ0) is 14.9. The van der Waals surface area contributed by atoms with Gasteiger partial charge in [-0.1, -0.05) is 13.8 Å². The summed E-state index contributed by atoms with van der Waals surface area (Å²) >= 11 is 0. The van der Waals surface area contributed by atoms with Crippen LogP contribution in [0.4, 0.5) is 0 Å². The summed E-state index contributed by atoms with van der Waals surface area (Å²) in [6.45, 7) is 19.7. The van der Waals surface area contributed by atoms with E-state index in [2.05, 4.69) is 66.3 Å². The van der Waals surface area contributed by atoms with Gasteiger partial charge in [-0.15, -0.1) is 15.8 Å². The SMILES string of the molecule is CC1C(C(C)P(C)C)CC(C(C)P(C)C)C(C)N1C. The van der Waals surface area contributed by atoms with E-state index in [1.165, 1.54) is 6.42 Å². The molecule has 0 aromatic rings. The molecule has 1 heterocycles. The van der Waals surface area contributed by atoms with Crippen LogP contribution in [0.2, 0.25) is 0 Å².